The first-order valence-electron chi connectivity index (χ1n) is 8.11. The highest BCUT2D eigenvalue weighted by Gasteiger charge is 2.07. The van der Waals surface area contributed by atoms with Crippen LogP contribution in [0, 0.1) is 0 Å². The highest BCUT2D eigenvalue weighted by atomic mass is 35.5. The van der Waals surface area contributed by atoms with E-state index in [1.54, 1.807) is 36.5 Å². The van der Waals surface area contributed by atoms with Gasteiger partial charge in [0.1, 0.15) is 5.69 Å². The summed E-state index contributed by atoms with van der Waals surface area (Å²) in [4.78, 5) is 16.4. The number of hydrogen-bond acceptors (Lipinski definition) is 3. The fraction of sp³-hybridized carbons (Fsp3) is 0.100. The first kappa shape index (κ1) is 18.2. The van der Waals surface area contributed by atoms with Gasteiger partial charge in [-0.15, -0.1) is 0 Å². The molecular weight excluding hydrogens is 369 g/mol. The van der Waals surface area contributed by atoms with Crippen molar-refractivity contribution in [2.24, 2.45) is 0 Å². The molecule has 0 aliphatic carbocycles. The number of anilines is 2. The molecule has 1 amide bonds. The molecule has 0 aliphatic rings. The summed E-state index contributed by atoms with van der Waals surface area (Å²) in [7, 11) is 0. The lowest BCUT2D eigenvalue weighted by Gasteiger charge is -2.08. The van der Waals surface area contributed by atoms with Crippen LogP contribution in [-0.2, 0) is 6.42 Å². The Balaban J connectivity index is 1.52. The summed E-state index contributed by atoms with van der Waals surface area (Å²) in [5, 5.41) is 7.42. The van der Waals surface area contributed by atoms with Crippen molar-refractivity contribution in [3.63, 3.8) is 0 Å². The van der Waals surface area contributed by atoms with E-state index in [0.717, 1.165) is 29.2 Å². The summed E-state index contributed by atoms with van der Waals surface area (Å²) in [6.45, 7) is 0.748. The molecule has 2 aromatic carbocycles. The van der Waals surface area contributed by atoms with Crippen LogP contribution in [-0.4, -0.2) is 17.4 Å². The Morgan fingerprint density at radius 2 is 1.69 bits per heavy atom. The number of aromatic nitrogens is 1. The van der Waals surface area contributed by atoms with E-state index in [4.69, 9.17) is 23.2 Å². The van der Waals surface area contributed by atoms with Crippen LogP contribution in [0.15, 0.2) is 66.9 Å². The topological polar surface area (TPSA) is 54.0 Å². The molecule has 3 rings (SSSR count). The van der Waals surface area contributed by atoms with Crippen LogP contribution in [0.4, 0.5) is 11.4 Å². The maximum atomic E-state index is 12.2. The number of amides is 1. The molecule has 4 nitrogen and oxygen atoms in total. The van der Waals surface area contributed by atoms with Gasteiger partial charge in [0, 0.05) is 22.3 Å². The van der Waals surface area contributed by atoms with E-state index in [2.05, 4.69) is 15.6 Å². The molecule has 0 spiro atoms. The zero-order valence-corrected chi connectivity index (χ0v) is 15.4. The molecule has 1 heterocycles. The summed E-state index contributed by atoms with van der Waals surface area (Å²) >= 11 is 11.8. The molecule has 0 atom stereocenters. The highest BCUT2D eigenvalue weighted by Crippen LogP contribution is 2.15. The van der Waals surface area contributed by atoms with Crippen LogP contribution in [0.25, 0.3) is 0 Å². The van der Waals surface area contributed by atoms with E-state index in [-0.39, 0.29) is 5.91 Å². The van der Waals surface area contributed by atoms with Crippen LogP contribution in [0.3, 0.4) is 0 Å². The largest absolute Gasteiger partial charge is 0.383 e. The summed E-state index contributed by atoms with van der Waals surface area (Å²) < 4.78 is 0. The van der Waals surface area contributed by atoms with Gasteiger partial charge in [-0.2, -0.15) is 0 Å². The van der Waals surface area contributed by atoms with Gasteiger partial charge in [-0.3, -0.25) is 4.79 Å². The third-order valence-corrected chi connectivity index (χ3v) is 4.22. The van der Waals surface area contributed by atoms with E-state index in [1.165, 1.54) is 0 Å². The quantitative estimate of drug-likeness (QED) is 0.605. The minimum absolute atomic E-state index is 0.266. The second-order valence-corrected chi connectivity index (χ2v) is 6.57. The SMILES string of the molecule is O=C(Nc1ccc(Cl)cc1)c1ccc(NCCc2cccc(Cl)c2)cn1. The third kappa shape index (κ3) is 5.22. The lowest BCUT2D eigenvalue weighted by molar-refractivity contribution is 0.102. The van der Waals surface area contributed by atoms with Crippen molar-refractivity contribution < 1.29 is 4.79 Å². The molecule has 3 aromatic rings. The Kier molecular flexibility index (Phi) is 6.10. The summed E-state index contributed by atoms with van der Waals surface area (Å²) in [6, 6.07) is 18.2. The third-order valence-electron chi connectivity index (χ3n) is 3.73. The van der Waals surface area contributed by atoms with Crippen molar-refractivity contribution >= 4 is 40.5 Å². The molecule has 6 heteroatoms. The molecule has 0 saturated heterocycles. The van der Waals surface area contributed by atoms with Gasteiger partial charge in [0.05, 0.1) is 11.9 Å². The van der Waals surface area contributed by atoms with Gasteiger partial charge in [0.15, 0.2) is 0 Å². The highest BCUT2D eigenvalue weighted by molar-refractivity contribution is 6.30. The normalized spacial score (nSPS) is 10.4. The number of carbonyl (C=O) groups is 1. The molecule has 1 aromatic heterocycles. The first-order valence-corrected chi connectivity index (χ1v) is 8.87. The molecule has 2 N–H and O–H groups in total. The fourth-order valence-corrected chi connectivity index (χ4v) is 2.74. The molecule has 0 fully saturated rings. The Morgan fingerprint density at radius 3 is 2.38 bits per heavy atom. The van der Waals surface area contributed by atoms with E-state index in [0.29, 0.717) is 16.4 Å². The van der Waals surface area contributed by atoms with Crippen molar-refractivity contribution in [1.29, 1.82) is 0 Å². The van der Waals surface area contributed by atoms with Crippen LogP contribution in [0.5, 0.6) is 0 Å². The zero-order valence-electron chi connectivity index (χ0n) is 13.9. The van der Waals surface area contributed by atoms with Crippen LogP contribution in [0.2, 0.25) is 10.0 Å². The Hall–Kier alpha value is -2.56. The number of halogens is 2. The molecule has 0 bridgehead atoms. The number of benzene rings is 2. The Bertz CT molecular complexity index is 880. The minimum Gasteiger partial charge on any atom is -0.383 e. The fourth-order valence-electron chi connectivity index (χ4n) is 2.40. The van der Waals surface area contributed by atoms with Gasteiger partial charge in [-0.1, -0.05) is 35.3 Å². The number of nitrogens with zero attached hydrogens (tertiary/aromatic N) is 1. The number of nitrogens with one attached hydrogen (secondary N) is 2. The van der Waals surface area contributed by atoms with Crippen molar-refractivity contribution in [2.45, 2.75) is 6.42 Å². The standard InChI is InChI=1S/C20H17Cl2N3O/c21-15-4-6-17(7-5-15)25-20(26)19-9-8-18(13-24-19)23-11-10-14-2-1-3-16(22)12-14/h1-9,12-13,23H,10-11H2,(H,25,26). The van der Waals surface area contributed by atoms with Gasteiger partial charge < -0.3 is 10.6 Å². The van der Waals surface area contributed by atoms with Crippen molar-refractivity contribution in [1.82, 2.24) is 4.98 Å². The van der Waals surface area contributed by atoms with Gasteiger partial charge in [0.2, 0.25) is 0 Å². The average Bonchev–Trinajstić information content (AvgIpc) is 2.64. The van der Waals surface area contributed by atoms with Crippen LogP contribution >= 0.6 is 23.2 Å². The summed E-state index contributed by atoms with van der Waals surface area (Å²) in [5.41, 5.74) is 3.04. The molecule has 0 saturated carbocycles. The molecule has 26 heavy (non-hydrogen) atoms. The summed E-state index contributed by atoms with van der Waals surface area (Å²) in [6.07, 6.45) is 2.49. The molecule has 132 valence electrons. The number of pyridine rings is 1. The maximum absolute atomic E-state index is 12.2. The van der Waals surface area contributed by atoms with E-state index in [1.807, 2.05) is 30.3 Å². The number of rotatable bonds is 6. The van der Waals surface area contributed by atoms with Crippen LogP contribution in [0.1, 0.15) is 16.1 Å². The molecule has 0 unspecified atom stereocenters. The second kappa shape index (κ2) is 8.70. The predicted molar refractivity (Wildman–Crippen MR) is 107 cm³/mol. The maximum Gasteiger partial charge on any atom is 0.274 e. The van der Waals surface area contributed by atoms with Crippen LogP contribution < -0.4 is 10.6 Å². The lowest BCUT2D eigenvalue weighted by atomic mass is 10.1. The van der Waals surface area contributed by atoms with Gasteiger partial charge in [-0.25, -0.2) is 4.98 Å². The van der Waals surface area contributed by atoms with E-state index < -0.39 is 0 Å². The predicted octanol–water partition coefficient (Wildman–Crippen LogP) is 5.30. The van der Waals surface area contributed by atoms with Gasteiger partial charge in [0.25, 0.3) is 5.91 Å². The zero-order chi connectivity index (χ0) is 18.4. The van der Waals surface area contributed by atoms with Gasteiger partial charge in [-0.05, 0) is 60.5 Å². The number of carbonyl (C=O) groups excluding carboxylic acids is 1. The first-order chi connectivity index (χ1) is 12.6. The van der Waals surface area contributed by atoms with E-state index >= 15 is 0 Å². The average molecular weight is 386 g/mol. The van der Waals surface area contributed by atoms with E-state index in [9.17, 15) is 4.79 Å². The molecule has 0 aliphatic heterocycles. The number of hydrogen-bond donors (Lipinski definition) is 2. The smallest absolute Gasteiger partial charge is 0.274 e. The van der Waals surface area contributed by atoms with Crippen molar-refractivity contribution in [2.75, 3.05) is 17.2 Å². The Morgan fingerprint density at radius 1 is 0.923 bits per heavy atom. The Labute approximate surface area is 162 Å². The second-order valence-electron chi connectivity index (χ2n) is 5.70. The molecule has 0 radical (unpaired) electrons. The summed E-state index contributed by atoms with van der Waals surface area (Å²) in [5.74, 6) is -0.266. The van der Waals surface area contributed by atoms with Crippen molar-refractivity contribution in [3.05, 3.63) is 88.2 Å². The molecular formula is C20H17Cl2N3O. The van der Waals surface area contributed by atoms with Gasteiger partial charge >= 0.3 is 0 Å². The van der Waals surface area contributed by atoms with Crippen molar-refractivity contribution in [3.8, 4) is 0 Å². The lowest BCUT2D eigenvalue weighted by Crippen LogP contribution is -2.14. The minimum atomic E-state index is -0.266. The monoisotopic (exact) mass is 385 g/mol.